The molecule has 0 aliphatic carbocycles. The van der Waals surface area contributed by atoms with Crippen LogP contribution >= 0.6 is 0 Å². The van der Waals surface area contributed by atoms with Gasteiger partial charge in [-0.15, -0.1) is 0 Å². The molecule has 2 rings (SSSR count). The molecule has 1 radical (unpaired) electrons. The summed E-state index contributed by atoms with van der Waals surface area (Å²) >= 11 is 0. The maximum absolute atomic E-state index is 2.49. The van der Waals surface area contributed by atoms with Crippen LogP contribution in [0, 0.1) is 6.54 Å². The third-order valence-corrected chi connectivity index (χ3v) is 2.88. The highest BCUT2D eigenvalue weighted by Gasteiger charge is 2.52. The minimum absolute atomic E-state index is 0.894. The molecule has 2 heterocycles. The Hall–Kier alpha value is -0.0400. The van der Waals surface area contributed by atoms with Crippen molar-refractivity contribution >= 4 is 0 Å². The molecular weight excluding hydrogens is 110 g/mol. The smallest absolute Gasteiger partial charge is 0.200 e. The highest BCUT2D eigenvalue weighted by molar-refractivity contribution is 4.84. The van der Waals surface area contributed by atoms with E-state index in [1.165, 1.54) is 36.8 Å². The third-order valence-electron chi connectivity index (χ3n) is 2.88. The fourth-order valence-corrected chi connectivity index (χ4v) is 2.05. The van der Waals surface area contributed by atoms with Gasteiger partial charge in [-0.2, -0.15) is 0 Å². The van der Waals surface area contributed by atoms with E-state index in [1.54, 1.807) is 0 Å². The summed E-state index contributed by atoms with van der Waals surface area (Å²) in [5, 5.41) is 0. The first-order valence-electron chi connectivity index (χ1n) is 4.06. The van der Waals surface area contributed by atoms with Gasteiger partial charge in [0.15, 0.2) is 6.54 Å². The molecule has 2 saturated heterocycles. The monoisotopic (exact) mass is 125 g/mol. The molecule has 51 valence electrons. The van der Waals surface area contributed by atoms with Crippen LogP contribution in [0.2, 0.25) is 0 Å². The Kier molecular flexibility index (Phi) is 1.10. The Morgan fingerprint density at radius 3 is 2.11 bits per heavy atom. The summed E-state index contributed by atoms with van der Waals surface area (Å²) in [6.07, 6.45) is 4.39. The van der Waals surface area contributed by atoms with Crippen LogP contribution in [0.3, 0.4) is 0 Å². The van der Waals surface area contributed by atoms with Gasteiger partial charge in [0, 0.05) is 0 Å². The largest absolute Gasteiger partial charge is 0.304 e. The maximum atomic E-state index is 2.49. The molecule has 0 aromatic heterocycles. The summed E-state index contributed by atoms with van der Waals surface area (Å²) in [6.45, 7) is 7.69. The van der Waals surface area contributed by atoms with Crippen molar-refractivity contribution < 1.29 is 4.48 Å². The maximum Gasteiger partial charge on any atom is 0.200 e. The fraction of sp³-hybridized carbons (Fsp3) is 0.875. The molecule has 2 fully saturated rings. The van der Waals surface area contributed by atoms with E-state index in [0.29, 0.717) is 0 Å². The van der Waals surface area contributed by atoms with Crippen molar-refractivity contribution in [3.05, 3.63) is 6.54 Å². The lowest BCUT2D eigenvalue weighted by Crippen LogP contribution is -2.33. The summed E-state index contributed by atoms with van der Waals surface area (Å²) in [4.78, 5) is 0. The lowest BCUT2D eigenvalue weighted by Gasteiger charge is -2.23. The quantitative estimate of drug-likeness (QED) is 0.340. The lowest BCUT2D eigenvalue weighted by atomic mass is 10.1. The third kappa shape index (κ3) is 0.787. The first kappa shape index (κ1) is 5.72. The predicted octanol–water partition coefficient (Wildman–Crippen LogP) is 1.55. The minimum atomic E-state index is 0.894. The SMILES string of the molecule is CC1[CH][N+]12CCCCC2. The van der Waals surface area contributed by atoms with Crippen molar-refractivity contribution in [2.45, 2.75) is 32.2 Å². The molecule has 0 N–H and O–H groups in total. The van der Waals surface area contributed by atoms with Crippen LogP contribution in [0.25, 0.3) is 0 Å². The second kappa shape index (κ2) is 1.72. The van der Waals surface area contributed by atoms with E-state index in [4.69, 9.17) is 0 Å². The van der Waals surface area contributed by atoms with E-state index in [9.17, 15) is 0 Å². The zero-order chi connectivity index (χ0) is 6.32. The van der Waals surface area contributed by atoms with E-state index in [-0.39, 0.29) is 0 Å². The molecule has 0 amide bonds. The number of nitrogens with zero attached hydrogens (tertiary/aromatic N) is 1. The molecule has 0 saturated carbocycles. The van der Waals surface area contributed by atoms with Crippen molar-refractivity contribution in [3.63, 3.8) is 0 Å². The van der Waals surface area contributed by atoms with E-state index in [2.05, 4.69) is 13.5 Å². The van der Waals surface area contributed by atoms with Crippen molar-refractivity contribution in [2.75, 3.05) is 13.1 Å². The van der Waals surface area contributed by atoms with Gasteiger partial charge in [-0.3, -0.25) is 0 Å². The Labute approximate surface area is 57.3 Å². The molecule has 0 bridgehead atoms. The van der Waals surface area contributed by atoms with Crippen molar-refractivity contribution in [3.8, 4) is 0 Å². The van der Waals surface area contributed by atoms with Gasteiger partial charge in [0.25, 0.3) is 0 Å². The minimum Gasteiger partial charge on any atom is -0.304 e. The van der Waals surface area contributed by atoms with Gasteiger partial charge < -0.3 is 4.48 Å². The summed E-state index contributed by atoms with van der Waals surface area (Å²) in [6, 6.07) is 0.894. The van der Waals surface area contributed by atoms with Gasteiger partial charge in [-0.05, 0) is 26.2 Å². The van der Waals surface area contributed by atoms with Crippen LogP contribution in [0.5, 0.6) is 0 Å². The second-order valence-electron chi connectivity index (χ2n) is 3.50. The zero-order valence-electron chi connectivity index (χ0n) is 6.14. The van der Waals surface area contributed by atoms with Gasteiger partial charge in [0.05, 0.1) is 13.1 Å². The summed E-state index contributed by atoms with van der Waals surface area (Å²) in [7, 11) is 0. The van der Waals surface area contributed by atoms with E-state index in [0.717, 1.165) is 6.04 Å². The van der Waals surface area contributed by atoms with Gasteiger partial charge in [0.1, 0.15) is 6.04 Å². The topological polar surface area (TPSA) is 0 Å². The highest BCUT2D eigenvalue weighted by atomic mass is 15.5. The summed E-state index contributed by atoms with van der Waals surface area (Å²) in [5.74, 6) is 0. The molecule has 9 heavy (non-hydrogen) atoms. The first-order chi connectivity index (χ1) is 4.33. The number of hydrogen-bond donors (Lipinski definition) is 0. The van der Waals surface area contributed by atoms with Gasteiger partial charge >= 0.3 is 0 Å². The Balaban J connectivity index is 1.97. The molecule has 1 spiro atoms. The second-order valence-corrected chi connectivity index (χ2v) is 3.50. The van der Waals surface area contributed by atoms with Crippen LogP contribution in [0.1, 0.15) is 26.2 Å². The molecule has 1 atom stereocenters. The van der Waals surface area contributed by atoms with Gasteiger partial charge in [-0.1, -0.05) is 0 Å². The molecular formula is C8H15N+. The van der Waals surface area contributed by atoms with Crippen LogP contribution in [0.4, 0.5) is 0 Å². The van der Waals surface area contributed by atoms with Gasteiger partial charge in [0.2, 0.25) is 0 Å². The van der Waals surface area contributed by atoms with Crippen LogP contribution in [-0.4, -0.2) is 23.6 Å². The van der Waals surface area contributed by atoms with Crippen molar-refractivity contribution in [1.29, 1.82) is 0 Å². The predicted molar refractivity (Wildman–Crippen MR) is 37.6 cm³/mol. The van der Waals surface area contributed by atoms with Crippen LogP contribution in [0.15, 0.2) is 0 Å². The zero-order valence-corrected chi connectivity index (χ0v) is 6.14. The average molecular weight is 125 g/mol. The summed E-state index contributed by atoms with van der Waals surface area (Å²) < 4.78 is 1.36. The fourth-order valence-electron chi connectivity index (χ4n) is 2.05. The van der Waals surface area contributed by atoms with Crippen molar-refractivity contribution in [1.82, 2.24) is 0 Å². The van der Waals surface area contributed by atoms with Crippen LogP contribution < -0.4 is 0 Å². The molecule has 1 nitrogen and oxygen atoms in total. The summed E-state index contributed by atoms with van der Waals surface area (Å²) in [5.41, 5.74) is 0. The van der Waals surface area contributed by atoms with Crippen LogP contribution in [-0.2, 0) is 0 Å². The normalized spacial score (nSPS) is 39.0. The first-order valence-corrected chi connectivity index (χ1v) is 4.06. The highest BCUT2D eigenvalue weighted by Crippen LogP contribution is 2.39. The van der Waals surface area contributed by atoms with E-state index in [1.807, 2.05) is 0 Å². The number of piperidine rings is 1. The number of quaternary nitrogens is 1. The Morgan fingerprint density at radius 1 is 1.22 bits per heavy atom. The van der Waals surface area contributed by atoms with Crippen molar-refractivity contribution in [2.24, 2.45) is 0 Å². The Morgan fingerprint density at radius 2 is 1.78 bits per heavy atom. The molecule has 2 aliphatic heterocycles. The standard InChI is InChI=1S/C8H15N/c1-8-7-9(8)5-3-2-4-6-9/h7-8H,2-6H2,1H3/q+1. The molecule has 1 unspecified atom stereocenters. The van der Waals surface area contributed by atoms with E-state index >= 15 is 0 Å². The lowest BCUT2D eigenvalue weighted by molar-refractivity contribution is -0.803. The molecule has 1 heteroatoms. The van der Waals surface area contributed by atoms with Gasteiger partial charge in [-0.25, -0.2) is 0 Å². The Bertz CT molecular complexity index is 114. The number of rotatable bonds is 0. The molecule has 2 aliphatic rings. The van der Waals surface area contributed by atoms with E-state index < -0.39 is 0 Å². The number of hydrogen-bond acceptors (Lipinski definition) is 0. The molecule has 0 aromatic rings. The average Bonchev–Trinajstić information content (AvgIpc) is 2.44. The molecule has 0 aromatic carbocycles.